The highest BCUT2D eigenvalue weighted by molar-refractivity contribution is 5.39. The predicted molar refractivity (Wildman–Crippen MR) is 61.4 cm³/mol. The zero-order valence-corrected chi connectivity index (χ0v) is 9.57. The Morgan fingerprint density at radius 2 is 1.80 bits per heavy atom. The van der Waals surface area contributed by atoms with E-state index in [2.05, 4.69) is 0 Å². The van der Waals surface area contributed by atoms with Gasteiger partial charge in [-0.15, -0.1) is 0 Å². The quantitative estimate of drug-likeness (QED) is 0.808. The number of ether oxygens (including phenoxy) is 2. The molecular weight excluding hydrogens is 190 g/mol. The molecule has 1 aromatic carbocycles. The molecule has 0 aliphatic heterocycles. The van der Waals surface area contributed by atoms with Crippen molar-refractivity contribution in [2.75, 3.05) is 6.61 Å². The van der Waals surface area contributed by atoms with Gasteiger partial charge in [0, 0.05) is 6.04 Å². The molecule has 0 amide bonds. The first-order chi connectivity index (χ1) is 7.15. The second-order valence-corrected chi connectivity index (χ2v) is 3.56. The monoisotopic (exact) mass is 209 g/mol. The zero-order chi connectivity index (χ0) is 11.3. The van der Waals surface area contributed by atoms with Gasteiger partial charge in [-0.2, -0.15) is 0 Å². The third kappa shape index (κ3) is 3.44. The first kappa shape index (κ1) is 11.9. The lowest BCUT2D eigenvalue weighted by atomic mass is 10.2. The van der Waals surface area contributed by atoms with Crippen LogP contribution in [0.15, 0.2) is 24.3 Å². The molecule has 0 aromatic heterocycles. The SMILES string of the molecule is CCOc1ccccc1OC(C)[C@H](C)N. The fraction of sp³-hybridized carbons (Fsp3) is 0.500. The minimum Gasteiger partial charge on any atom is -0.490 e. The van der Waals surface area contributed by atoms with Crippen LogP contribution in [0.4, 0.5) is 0 Å². The summed E-state index contributed by atoms with van der Waals surface area (Å²) in [6.07, 6.45) is -0.0217. The van der Waals surface area contributed by atoms with Crippen molar-refractivity contribution >= 4 is 0 Å². The van der Waals surface area contributed by atoms with Gasteiger partial charge in [0.2, 0.25) is 0 Å². The van der Waals surface area contributed by atoms with Crippen molar-refractivity contribution < 1.29 is 9.47 Å². The van der Waals surface area contributed by atoms with Crippen LogP contribution in [-0.4, -0.2) is 18.8 Å². The van der Waals surface area contributed by atoms with E-state index in [0.717, 1.165) is 11.5 Å². The Balaban J connectivity index is 2.74. The van der Waals surface area contributed by atoms with Crippen LogP contribution in [0.2, 0.25) is 0 Å². The maximum atomic E-state index is 5.74. The van der Waals surface area contributed by atoms with E-state index in [9.17, 15) is 0 Å². The van der Waals surface area contributed by atoms with Crippen LogP contribution in [0.1, 0.15) is 20.8 Å². The van der Waals surface area contributed by atoms with Gasteiger partial charge in [-0.25, -0.2) is 0 Å². The highest BCUT2D eigenvalue weighted by atomic mass is 16.5. The lowest BCUT2D eigenvalue weighted by Crippen LogP contribution is -2.33. The van der Waals surface area contributed by atoms with Crippen molar-refractivity contribution in [3.63, 3.8) is 0 Å². The van der Waals surface area contributed by atoms with Gasteiger partial charge in [0.25, 0.3) is 0 Å². The molecule has 2 N–H and O–H groups in total. The summed E-state index contributed by atoms with van der Waals surface area (Å²) in [5.74, 6) is 1.52. The third-order valence-corrected chi connectivity index (χ3v) is 2.20. The van der Waals surface area contributed by atoms with Crippen LogP contribution in [0, 0.1) is 0 Å². The molecule has 2 atom stereocenters. The van der Waals surface area contributed by atoms with E-state index >= 15 is 0 Å². The molecule has 3 heteroatoms. The van der Waals surface area contributed by atoms with Crippen molar-refractivity contribution in [1.29, 1.82) is 0 Å². The van der Waals surface area contributed by atoms with E-state index in [1.807, 2.05) is 45.0 Å². The summed E-state index contributed by atoms with van der Waals surface area (Å²) < 4.78 is 11.2. The van der Waals surface area contributed by atoms with Crippen LogP contribution in [0.3, 0.4) is 0 Å². The fourth-order valence-electron chi connectivity index (χ4n) is 1.13. The molecule has 0 bridgehead atoms. The van der Waals surface area contributed by atoms with Crippen LogP contribution < -0.4 is 15.2 Å². The molecule has 3 nitrogen and oxygen atoms in total. The van der Waals surface area contributed by atoms with Gasteiger partial charge in [0.1, 0.15) is 6.10 Å². The molecule has 15 heavy (non-hydrogen) atoms. The fourth-order valence-corrected chi connectivity index (χ4v) is 1.13. The topological polar surface area (TPSA) is 44.5 Å². The number of hydrogen-bond donors (Lipinski definition) is 1. The Bertz CT molecular complexity index is 299. The summed E-state index contributed by atoms with van der Waals surface area (Å²) in [6.45, 7) is 6.46. The first-order valence-electron chi connectivity index (χ1n) is 5.29. The summed E-state index contributed by atoms with van der Waals surface area (Å²) in [5, 5.41) is 0. The van der Waals surface area contributed by atoms with Crippen LogP contribution in [0.25, 0.3) is 0 Å². The summed E-state index contributed by atoms with van der Waals surface area (Å²) in [6, 6.07) is 7.64. The summed E-state index contributed by atoms with van der Waals surface area (Å²) in [4.78, 5) is 0. The molecular formula is C12H19NO2. The Kier molecular flexibility index (Phi) is 4.43. The van der Waals surface area contributed by atoms with E-state index in [1.54, 1.807) is 0 Å². The summed E-state index contributed by atoms with van der Waals surface area (Å²) in [7, 11) is 0. The lowest BCUT2D eigenvalue weighted by Gasteiger charge is -2.19. The molecule has 1 unspecified atom stereocenters. The van der Waals surface area contributed by atoms with Crippen LogP contribution >= 0.6 is 0 Å². The first-order valence-corrected chi connectivity index (χ1v) is 5.29. The van der Waals surface area contributed by atoms with Crippen molar-refractivity contribution in [2.45, 2.75) is 32.9 Å². The molecule has 84 valence electrons. The Labute approximate surface area is 91.2 Å². The third-order valence-electron chi connectivity index (χ3n) is 2.20. The van der Waals surface area contributed by atoms with E-state index in [4.69, 9.17) is 15.2 Å². The van der Waals surface area contributed by atoms with Crippen molar-refractivity contribution in [2.24, 2.45) is 5.73 Å². The number of benzene rings is 1. The molecule has 1 aromatic rings. The Morgan fingerprint density at radius 1 is 1.20 bits per heavy atom. The van der Waals surface area contributed by atoms with Gasteiger partial charge in [0.15, 0.2) is 11.5 Å². The van der Waals surface area contributed by atoms with Gasteiger partial charge in [-0.05, 0) is 32.9 Å². The van der Waals surface area contributed by atoms with Crippen LogP contribution in [-0.2, 0) is 0 Å². The highest BCUT2D eigenvalue weighted by Gasteiger charge is 2.11. The second kappa shape index (κ2) is 5.61. The van der Waals surface area contributed by atoms with Gasteiger partial charge >= 0.3 is 0 Å². The number of hydrogen-bond acceptors (Lipinski definition) is 3. The van der Waals surface area contributed by atoms with E-state index < -0.39 is 0 Å². The molecule has 0 aliphatic carbocycles. The highest BCUT2D eigenvalue weighted by Crippen LogP contribution is 2.27. The Hall–Kier alpha value is -1.22. The number of para-hydroxylation sites is 2. The van der Waals surface area contributed by atoms with E-state index in [0.29, 0.717) is 6.61 Å². The molecule has 0 heterocycles. The largest absolute Gasteiger partial charge is 0.490 e. The lowest BCUT2D eigenvalue weighted by molar-refractivity contribution is 0.185. The van der Waals surface area contributed by atoms with E-state index in [1.165, 1.54) is 0 Å². The number of rotatable bonds is 5. The van der Waals surface area contributed by atoms with E-state index in [-0.39, 0.29) is 12.1 Å². The maximum Gasteiger partial charge on any atom is 0.161 e. The molecule has 0 spiro atoms. The average molecular weight is 209 g/mol. The molecule has 0 radical (unpaired) electrons. The van der Waals surface area contributed by atoms with Crippen molar-refractivity contribution in [1.82, 2.24) is 0 Å². The van der Waals surface area contributed by atoms with Gasteiger partial charge < -0.3 is 15.2 Å². The number of nitrogens with two attached hydrogens (primary N) is 1. The molecule has 0 aliphatic rings. The van der Waals surface area contributed by atoms with Gasteiger partial charge in [-0.1, -0.05) is 12.1 Å². The average Bonchev–Trinajstić information content (AvgIpc) is 2.21. The Morgan fingerprint density at radius 3 is 2.33 bits per heavy atom. The van der Waals surface area contributed by atoms with Crippen LogP contribution in [0.5, 0.6) is 11.5 Å². The minimum absolute atomic E-state index is 0.000294. The molecule has 0 fully saturated rings. The maximum absolute atomic E-state index is 5.74. The molecule has 0 saturated heterocycles. The summed E-state index contributed by atoms with van der Waals surface area (Å²) >= 11 is 0. The second-order valence-electron chi connectivity index (χ2n) is 3.56. The predicted octanol–water partition coefficient (Wildman–Crippen LogP) is 2.20. The zero-order valence-electron chi connectivity index (χ0n) is 9.57. The molecule has 0 saturated carbocycles. The van der Waals surface area contributed by atoms with Crippen molar-refractivity contribution in [3.8, 4) is 11.5 Å². The van der Waals surface area contributed by atoms with Gasteiger partial charge in [0.05, 0.1) is 6.61 Å². The smallest absolute Gasteiger partial charge is 0.161 e. The van der Waals surface area contributed by atoms with Gasteiger partial charge in [-0.3, -0.25) is 0 Å². The summed E-state index contributed by atoms with van der Waals surface area (Å²) in [5.41, 5.74) is 5.74. The van der Waals surface area contributed by atoms with Crippen molar-refractivity contribution in [3.05, 3.63) is 24.3 Å². The molecule has 1 rings (SSSR count). The minimum atomic E-state index is -0.0217. The standard InChI is InChI=1S/C12H19NO2/c1-4-14-11-7-5-6-8-12(11)15-10(3)9(2)13/h5-10H,4,13H2,1-3H3/t9-,10?/m0/s1. The normalized spacial score (nSPS) is 14.4.